The Morgan fingerprint density at radius 1 is 1.29 bits per heavy atom. The van der Waals surface area contributed by atoms with Gasteiger partial charge in [0, 0.05) is 6.20 Å². The highest BCUT2D eigenvalue weighted by Crippen LogP contribution is 2.37. The van der Waals surface area contributed by atoms with Crippen molar-refractivity contribution in [2.24, 2.45) is 0 Å². The van der Waals surface area contributed by atoms with Gasteiger partial charge in [-0.1, -0.05) is 11.6 Å². The summed E-state index contributed by atoms with van der Waals surface area (Å²) in [6.07, 6.45) is -3.64. The molecule has 2 rings (SSSR count). The molecule has 0 N–H and O–H groups in total. The van der Waals surface area contributed by atoms with Gasteiger partial charge in [0.15, 0.2) is 0 Å². The number of aromatic nitrogens is 1. The second kappa shape index (κ2) is 4.59. The van der Waals surface area contributed by atoms with E-state index in [9.17, 15) is 13.2 Å². The van der Waals surface area contributed by atoms with Crippen LogP contribution < -0.4 is 0 Å². The van der Waals surface area contributed by atoms with E-state index in [-0.39, 0.29) is 5.02 Å². The molecule has 0 bridgehead atoms. The SMILES string of the molecule is FC(F)(F)c1cnc(-c2ccc(Br)s2)c(Cl)c1. The van der Waals surface area contributed by atoms with Crippen molar-refractivity contribution in [3.8, 4) is 10.6 Å². The van der Waals surface area contributed by atoms with Crippen molar-refractivity contribution < 1.29 is 13.2 Å². The summed E-state index contributed by atoms with van der Waals surface area (Å²) < 4.78 is 38.1. The third kappa shape index (κ3) is 2.81. The molecule has 0 saturated carbocycles. The highest BCUT2D eigenvalue weighted by molar-refractivity contribution is 9.11. The molecule has 0 aliphatic carbocycles. The van der Waals surface area contributed by atoms with E-state index in [2.05, 4.69) is 20.9 Å². The summed E-state index contributed by atoms with van der Waals surface area (Å²) in [6.45, 7) is 0. The fourth-order valence-electron chi connectivity index (χ4n) is 1.22. The molecule has 0 saturated heterocycles. The highest BCUT2D eigenvalue weighted by Gasteiger charge is 2.31. The third-order valence-electron chi connectivity index (χ3n) is 1.98. The molecule has 2 aromatic rings. The highest BCUT2D eigenvalue weighted by atomic mass is 79.9. The molecule has 0 spiro atoms. The number of hydrogen-bond donors (Lipinski definition) is 0. The van der Waals surface area contributed by atoms with Gasteiger partial charge in [-0.25, -0.2) is 0 Å². The van der Waals surface area contributed by atoms with E-state index in [1.54, 1.807) is 12.1 Å². The van der Waals surface area contributed by atoms with Gasteiger partial charge in [-0.15, -0.1) is 11.3 Å². The predicted molar refractivity (Wildman–Crippen MR) is 65.3 cm³/mol. The van der Waals surface area contributed by atoms with Gasteiger partial charge in [-0.05, 0) is 34.1 Å². The van der Waals surface area contributed by atoms with Crippen LogP contribution in [0, 0.1) is 0 Å². The third-order valence-corrected chi connectivity index (χ3v) is 3.89. The van der Waals surface area contributed by atoms with Crippen LogP contribution >= 0.6 is 38.9 Å². The maximum atomic E-state index is 12.4. The first-order valence-electron chi connectivity index (χ1n) is 4.36. The second-order valence-corrected chi connectivity index (χ2v) is 6.03. The standard InChI is InChI=1S/C10H4BrClF3NS/c11-8-2-1-7(17-8)9-6(12)3-5(4-16-9)10(13,14)15/h1-4H. The Balaban J connectivity index is 2.45. The van der Waals surface area contributed by atoms with Crippen molar-refractivity contribution in [3.05, 3.63) is 38.8 Å². The lowest BCUT2D eigenvalue weighted by Crippen LogP contribution is -2.05. The molecule has 2 aromatic heterocycles. The van der Waals surface area contributed by atoms with Crippen LogP contribution in [-0.2, 0) is 6.18 Å². The number of pyridine rings is 1. The molecule has 0 unspecified atom stereocenters. The van der Waals surface area contributed by atoms with Gasteiger partial charge in [-0.2, -0.15) is 13.2 Å². The lowest BCUT2D eigenvalue weighted by Gasteiger charge is -2.07. The Bertz CT molecular complexity index is 553. The lowest BCUT2D eigenvalue weighted by atomic mass is 10.2. The number of hydrogen-bond acceptors (Lipinski definition) is 2. The van der Waals surface area contributed by atoms with E-state index in [4.69, 9.17) is 11.6 Å². The second-order valence-electron chi connectivity index (χ2n) is 3.16. The first-order valence-corrected chi connectivity index (χ1v) is 6.35. The Labute approximate surface area is 112 Å². The summed E-state index contributed by atoms with van der Waals surface area (Å²) in [6, 6.07) is 4.42. The average Bonchev–Trinajstić information content (AvgIpc) is 2.63. The van der Waals surface area contributed by atoms with Crippen LogP contribution in [0.3, 0.4) is 0 Å². The van der Waals surface area contributed by atoms with Gasteiger partial charge in [0.1, 0.15) is 0 Å². The lowest BCUT2D eigenvalue weighted by molar-refractivity contribution is -0.137. The number of rotatable bonds is 1. The Morgan fingerprint density at radius 2 is 2.00 bits per heavy atom. The zero-order valence-corrected chi connectivity index (χ0v) is 11.2. The minimum absolute atomic E-state index is 0.00539. The van der Waals surface area contributed by atoms with E-state index in [1.165, 1.54) is 11.3 Å². The van der Waals surface area contributed by atoms with Gasteiger partial charge in [-0.3, -0.25) is 4.98 Å². The van der Waals surface area contributed by atoms with Crippen molar-refractivity contribution in [2.45, 2.75) is 6.18 Å². The molecular formula is C10H4BrClF3NS. The van der Waals surface area contributed by atoms with Crippen LogP contribution in [0.5, 0.6) is 0 Å². The van der Waals surface area contributed by atoms with Crippen LogP contribution in [0.25, 0.3) is 10.6 Å². The van der Waals surface area contributed by atoms with Crippen LogP contribution in [0.1, 0.15) is 5.56 Å². The van der Waals surface area contributed by atoms with E-state index in [1.807, 2.05) is 0 Å². The molecule has 2 heterocycles. The summed E-state index contributed by atoms with van der Waals surface area (Å²) >= 11 is 10.4. The Hall–Kier alpha value is -0.590. The first-order chi connectivity index (χ1) is 7.88. The van der Waals surface area contributed by atoms with Gasteiger partial charge < -0.3 is 0 Å². The first kappa shape index (κ1) is 12.9. The van der Waals surface area contributed by atoms with Gasteiger partial charge in [0.25, 0.3) is 0 Å². The van der Waals surface area contributed by atoms with E-state index >= 15 is 0 Å². The van der Waals surface area contributed by atoms with Crippen LogP contribution in [0.2, 0.25) is 5.02 Å². The summed E-state index contributed by atoms with van der Waals surface area (Å²) in [5.41, 5.74) is -0.489. The Morgan fingerprint density at radius 3 is 2.47 bits per heavy atom. The van der Waals surface area contributed by atoms with Gasteiger partial charge in [0.05, 0.1) is 24.9 Å². The number of nitrogens with zero attached hydrogens (tertiary/aromatic N) is 1. The molecular weight excluding hydrogens is 339 g/mol. The van der Waals surface area contributed by atoms with Gasteiger partial charge >= 0.3 is 6.18 Å². The van der Waals surface area contributed by atoms with Crippen LogP contribution in [0.4, 0.5) is 13.2 Å². The molecule has 0 radical (unpaired) electrons. The molecule has 17 heavy (non-hydrogen) atoms. The van der Waals surface area contributed by atoms with E-state index in [0.29, 0.717) is 5.69 Å². The zero-order valence-electron chi connectivity index (χ0n) is 8.05. The molecule has 0 amide bonds. The van der Waals surface area contributed by atoms with Crippen molar-refractivity contribution in [2.75, 3.05) is 0 Å². The number of halogens is 5. The minimum Gasteiger partial charge on any atom is -0.253 e. The fourth-order valence-corrected chi connectivity index (χ4v) is 2.94. The zero-order chi connectivity index (χ0) is 12.6. The summed E-state index contributed by atoms with van der Waals surface area (Å²) in [5, 5.41) is -0.00539. The number of alkyl halides is 3. The molecule has 90 valence electrons. The Kier molecular flexibility index (Phi) is 3.47. The fraction of sp³-hybridized carbons (Fsp3) is 0.100. The molecule has 7 heteroatoms. The monoisotopic (exact) mass is 341 g/mol. The van der Waals surface area contributed by atoms with E-state index < -0.39 is 11.7 Å². The molecule has 0 aliphatic rings. The average molecular weight is 343 g/mol. The predicted octanol–water partition coefficient (Wildman–Crippen LogP) is 5.24. The topological polar surface area (TPSA) is 12.9 Å². The van der Waals surface area contributed by atoms with E-state index in [0.717, 1.165) is 20.9 Å². The minimum atomic E-state index is -4.43. The summed E-state index contributed by atoms with van der Waals surface area (Å²) in [4.78, 5) is 4.48. The molecule has 0 atom stereocenters. The summed E-state index contributed by atoms with van der Waals surface area (Å²) in [7, 11) is 0. The maximum Gasteiger partial charge on any atom is 0.417 e. The molecule has 0 aliphatic heterocycles. The smallest absolute Gasteiger partial charge is 0.253 e. The van der Waals surface area contributed by atoms with Crippen LogP contribution in [0.15, 0.2) is 28.2 Å². The van der Waals surface area contributed by atoms with Gasteiger partial charge in [0.2, 0.25) is 0 Å². The van der Waals surface area contributed by atoms with Crippen molar-refractivity contribution >= 4 is 38.9 Å². The summed E-state index contributed by atoms with van der Waals surface area (Å²) in [5.74, 6) is 0. The molecule has 0 aromatic carbocycles. The quantitative estimate of drug-likeness (QED) is 0.690. The van der Waals surface area contributed by atoms with Crippen molar-refractivity contribution in [1.82, 2.24) is 4.98 Å². The molecule has 0 fully saturated rings. The number of thiophene rings is 1. The van der Waals surface area contributed by atoms with Crippen molar-refractivity contribution in [1.29, 1.82) is 0 Å². The maximum absolute atomic E-state index is 12.4. The van der Waals surface area contributed by atoms with Crippen molar-refractivity contribution in [3.63, 3.8) is 0 Å². The normalized spacial score (nSPS) is 11.8. The largest absolute Gasteiger partial charge is 0.417 e. The molecule has 1 nitrogen and oxygen atoms in total. The van der Waals surface area contributed by atoms with Crippen LogP contribution in [-0.4, -0.2) is 4.98 Å².